The van der Waals surface area contributed by atoms with Crippen LogP contribution >= 0.6 is 11.3 Å². The van der Waals surface area contributed by atoms with Crippen LogP contribution in [-0.2, 0) is 5.41 Å². The van der Waals surface area contributed by atoms with Crippen LogP contribution in [0.4, 0.5) is 17.1 Å². The van der Waals surface area contributed by atoms with Crippen molar-refractivity contribution in [2.45, 2.75) is 5.41 Å². The number of para-hydroxylation sites is 3. The van der Waals surface area contributed by atoms with Gasteiger partial charge in [0.25, 0.3) is 0 Å². The zero-order chi connectivity index (χ0) is 41.9. The molecule has 2 aliphatic rings. The number of thiophene rings is 1. The normalized spacial score (nSPS) is 14.6. The minimum absolute atomic E-state index is 0.535. The van der Waals surface area contributed by atoms with Gasteiger partial charge in [-0.05, 0) is 116 Å². The van der Waals surface area contributed by atoms with E-state index in [-0.39, 0.29) is 0 Å². The third-order valence-corrected chi connectivity index (χ3v) is 15.2. The van der Waals surface area contributed by atoms with Crippen molar-refractivity contribution in [3.05, 3.63) is 253 Å². The Labute approximate surface area is 375 Å². The van der Waals surface area contributed by atoms with Gasteiger partial charge in [0.2, 0.25) is 0 Å². The molecule has 10 aromatic carbocycles. The molecule has 3 heteroatoms. The van der Waals surface area contributed by atoms with Crippen molar-refractivity contribution in [2.75, 3.05) is 4.90 Å². The zero-order valence-electron chi connectivity index (χ0n) is 34.7. The fraction of sp³-hybridized carbons (Fsp3) is 0.0164. The topological polar surface area (TPSA) is 8.17 Å². The highest BCUT2D eigenvalue weighted by Gasteiger charge is 2.54. The Morgan fingerprint density at radius 2 is 1.00 bits per heavy atom. The first-order valence-corrected chi connectivity index (χ1v) is 22.9. The highest BCUT2D eigenvalue weighted by molar-refractivity contribution is 7.22. The Morgan fingerprint density at radius 1 is 0.406 bits per heavy atom. The van der Waals surface area contributed by atoms with Crippen LogP contribution in [0.3, 0.4) is 0 Å². The predicted octanol–water partition coefficient (Wildman–Crippen LogP) is 16.6. The molecule has 14 rings (SSSR count). The van der Waals surface area contributed by atoms with E-state index in [1.54, 1.807) is 0 Å². The van der Waals surface area contributed by atoms with Crippen molar-refractivity contribution < 1.29 is 0 Å². The second-order valence-corrected chi connectivity index (χ2v) is 18.2. The molecule has 1 unspecified atom stereocenters. The van der Waals surface area contributed by atoms with Gasteiger partial charge in [0.05, 0.1) is 27.8 Å². The van der Waals surface area contributed by atoms with Crippen molar-refractivity contribution in [1.29, 1.82) is 0 Å². The third kappa shape index (κ3) is 4.79. The van der Waals surface area contributed by atoms with Gasteiger partial charge < -0.3 is 9.47 Å². The number of hydrogen-bond acceptors (Lipinski definition) is 2. The molecule has 0 amide bonds. The van der Waals surface area contributed by atoms with Gasteiger partial charge in [-0.2, -0.15) is 0 Å². The summed E-state index contributed by atoms with van der Waals surface area (Å²) in [6.07, 6.45) is 0. The quantitative estimate of drug-likeness (QED) is 0.168. The van der Waals surface area contributed by atoms with E-state index < -0.39 is 5.41 Å². The molecule has 2 aliphatic carbocycles. The van der Waals surface area contributed by atoms with Crippen LogP contribution in [0.25, 0.3) is 81.0 Å². The van der Waals surface area contributed by atoms with Gasteiger partial charge in [-0.25, -0.2) is 0 Å². The van der Waals surface area contributed by atoms with E-state index in [0.717, 1.165) is 11.4 Å². The van der Waals surface area contributed by atoms with Crippen molar-refractivity contribution >= 4 is 71.1 Å². The molecule has 298 valence electrons. The van der Waals surface area contributed by atoms with Crippen molar-refractivity contribution in [2.24, 2.45) is 0 Å². The summed E-state index contributed by atoms with van der Waals surface area (Å²) in [5.74, 6) is 0. The van der Waals surface area contributed by atoms with E-state index in [1.807, 2.05) is 11.3 Å². The Bertz CT molecular complexity index is 3800. The monoisotopic (exact) mass is 830 g/mol. The fourth-order valence-corrected chi connectivity index (χ4v) is 12.7. The molecule has 0 saturated carbocycles. The summed E-state index contributed by atoms with van der Waals surface area (Å²) in [7, 11) is 0. The fourth-order valence-electron chi connectivity index (χ4n) is 11.4. The SMILES string of the molecule is c1ccc(N(c2cccc3c2-c2sc4ccccc4c2C32c3ccccc3-c3ccc(-c4ccc(-n5c6ccccc6c6ccccc65)cc4)cc32)c2cccc3ccccc23)cc1. The summed E-state index contributed by atoms with van der Waals surface area (Å²) in [4.78, 5) is 3.85. The van der Waals surface area contributed by atoms with E-state index >= 15 is 0 Å². The summed E-state index contributed by atoms with van der Waals surface area (Å²) in [5, 5.41) is 6.32. The van der Waals surface area contributed by atoms with Gasteiger partial charge in [0.1, 0.15) is 0 Å². The minimum Gasteiger partial charge on any atom is -0.309 e. The van der Waals surface area contributed by atoms with Gasteiger partial charge in [0.15, 0.2) is 0 Å². The molecule has 0 aliphatic heterocycles. The van der Waals surface area contributed by atoms with E-state index in [9.17, 15) is 0 Å². The Balaban J connectivity index is 1.02. The molecule has 0 fully saturated rings. The molecule has 64 heavy (non-hydrogen) atoms. The molecule has 2 nitrogen and oxygen atoms in total. The lowest BCUT2D eigenvalue weighted by Gasteiger charge is -2.32. The van der Waals surface area contributed by atoms with Crippen LogP contribution < -0.4 is 4.90 Å². The van der Waals surface area contributed by atoms with E-state index in [1.165, 1.54) is 109 Å². The predicted molar refractivity (Wildman–Crippen MR) is 270 cm³/mol. The number of anilines is 3. The second kappa shape index (κ2) is 13.5. The van der Waals surface area contributed by atoms with Gasteiger partial charge in [0, 0.05) is 42.7 Å². The first-order chi connectivity index (χ1) is 31.8. The number of benzene rings is 10. The maximum absolute atomic E-state index is 2.52. The lowest BCUT2D eigenvalue weighted by molar-refractivity contribution is 0.803. The average molecular weight is 831 g/mol. The Kier molecular flexibility index (Phi) is 7.51. The van der Waals surface area contributed by atoms with Gasteiger partial charge in [-0.3, -0.25) is 0 Å². The summed E-state index contributed by atoms with van der Waals surface area (Å²) in [5.41, 5.74) is 18.3. The molecule has 0 bridgehead atoms. The summed E-state index contributed by atoms with van der Waals surface area (Å²) < 4.78 is 3.71. The third-order valence-electron chi connectivity index (χ3n) is 14.0. The highest BCUT2D eigenvalue weighted by atomic mass is 32.1. The number of nitrogens with zero attached hydrogens (tertiary/aromatic N) is 2. The number of hydrogen-bond donors (Lipinski definition) is 0. The van der Waals surface area contributed by atoms with E-state index in [2.05, 4.69) is 240 Å². The summed E-state index contributed by atoms with van der Waals surface area (Å²) in [6.45, 7) is 0. The molecule has 1 spiro atoms. The molecule has 2 heterocycles. The lowest BCUT2D eigenvalue weighted by Crippen LogP contribution is -2.26. The zero-order valence-corrected chi connectivity index (χ0v) is 35.6. The average Bonchev–Trinajstić information content (AvgIpc) is 4.08. The Hall–Kier alpha value is -7.98. The highest BCUT2D eigenvalue weighted by Crippen LogP contribution is 2.68. The van der Waals surface area contributed by atoms with Crippen LogP contribution in [0, 0.1) is 0 Å². The largest absolute Gasteiger partial charge is 0.309 e. The van der Waals surface area contributed by atoms with Crippen molar-refractivity contribution in [3.63, 3.8) is 0 Å². The number of fused-ring (bicyclic) bond motifs is 16. The summed E-state index contributed by atoms with van der Waals surface area (Å²) in [6, 6.07) is 85.6. The molecule has 1 atom stereocenters. The van der Waals surface area contributed by atoms with Crippen LogP contribution in [0.2, 0.25) is 0 Å². The first-order valence-electron chi connectivity index (χ1n) is 22.1. The smallest absolute Gasteiger partial charge is 0.0741 e. The number of rotatable bonds is 5. The van der Waals surface area contributed by atoms with Gasteiger partial charge in [-0.15, -0.1) is 11.3 Å². The van der Waals surface area contributed by atoms with E-state index in [4.69, 9.17) is 0 Å². The molecule has 12 aromatic rings. The minimum atomic E-state index is -0.535. The van der Waals surface area contributed by atoms with Crippen molar-refractivity contribution in [3.8, 4) is 38.4 Å². The maximum Gasteiger partial charge on any atom is 0.0741 e. The molecular formula is C61H38N2S. The van der Waals surface area contributed by atoms with Gasteiger partial charge >= 0.3 is 0 Å². The second-order valence-electron chi connectivity index (χ2n) is 17.1. The maximum atomic E-state index is 2.52. The van der Waals surface area contributed by atoms with Gasteiger partial charge in [-0.1, -0.05) is 170 Å². The molecule has 2 aromatic heterocycles. The molecular weight excluding hydrogens is 793 g/mol. The van der Waals surface area contributed by atoms with Crippen LogP contribution in [0.5, 0.6) is 0 Å². The summed E-state index contributed by atoms with van der Waals surface area (Å²) >= 11 is 1.94. The Morgan fingerprint density at radius 3 is 1.81 bits per heavy atom. The van der Waals surface area contributed by atoms with Crippen LogP contribution in [0.15, 0.2) is 231 Å². The number of aromatic nitrogens is 1. The standard InChI is InChI=1S/C61H38N2S/c1-2-18-42(19-3-1)63(53-29-14-17-40-16-4-5-20-44(40)53)56-30-15-26-51-58(56)60-59(49-24-9-13-31-57(49)64-60)61(51)50-25-10-6-21-45(50)46-37-34-41(38-52(46)61)39-32-35-43(36-33-39)62-54-27-11-7-22-47(54)48-23-8-12-28-55(48)62/h1-38H. The van der Waals surface area contributed by atoms with Crippen LogP contribution in [0.1, 0.15) is 22.3 Å². The molecule has 0 saturated heterocycles. The van der Waals surface area contributed by atoms with Crippen LogP contribution in [-0.4, -0.2) is 4.57 Å². The molecule has 0 N–H and O–H groups in total. The van der Waals surface area contributed by atoms with E-state index in [0.29, 0.717) is 0 Å². The van der Waals surface area contributed by atoms with Crippen molar-refractivity contribution in [1.82, 2.24) is 4.57 Å². The lowest BCUT2D eigenvalue weighted by atomic mass is 9.69. The first kappa shape index (κ1) is 35.6. The molecule has 0 radical (unpaired) electrons.